The highest BCUT2D eigenvalue weighted by molar-refractivity contribution is 5.89. The molecule has 0 saturated carbocycles. The average Bonchev–Trinajstić information content (AvgIpc) is 2.44. The third-order valence-electron chi connectivity index (χ3n) is 2.94. The highest BCUT2D eigenvalue weighted by Crippen LogP contribution is 2.07. The van der Waals surface area contributed by atoms with Gasteiger partial charge in [-0.25, -0.2) is 4.79 Å². The van der Waals surface area contributed by atoms with E-state index in [1.807, 2.05) is 18.2 Å². The Balaban J connectivity index is 2.22. The van der Waals surface area contributed by atoms with Crippen LogP contribution in [0.25, 0.3) is 0 Å². The number of benzene rings is 1. The first kappa shape index (κ1) is 13.1. The quantitative estimate of drug-likeness (QED) is 0.790. The van der Waals surface area contributed by atoms with Gasteiger partial charge in [-0.1, -0.05) is 18.2 Å². The maximum absolute atomic E-state index is 11.9. The van der Waals surface area contributed by atoms with E-state index in [1.165, 1.54) is 7.11 Å². The van der Waals surface area contributed by atoms with E-state index < -0.39 is 0 Å². The molecular formula is C15H15NO3. The van der Waals surface area contributed by atoms with Gasteiger partial charge in [-0.15, -0.1) is 0 Å². The summed E-state index contributed by atoms with van der Waals surface area (Å²) in [5, 5.41) is 0. The van der Waals surface area contributed by atoms with Crippen LogP contribution in [0.4, 0.5) is 0 Å². The largest absolute Gasteiger partial charge is 0.465 e. The topological polar surface area (TPSA) is 48.3 Å². The van der Waals surface area contributed by atoms with Crippen LogP contribution in [0.2, 0.25) is 0 Å². The van der Waals surface area contributed by atoms with Gasteiger partial charge >= 0.3 is 5.97 Å². The Morgan fingerprint density at radius 1 is 1.21 bits per heavy atom. The number of nitrogens with zero attached hydrogens (tertiary/aromatic N) is 1. The monoisotopic (exact) mass is 257 g/mol. The third kappa shape index (κ3) is 2.91. The molecule has 2 rings (SSSR count). The van der Waals surface area contributed by atoms with Crippen LogP contribution in [0.15, 0.2) is 47.4 Å². The first-order valence-electron chi connectivity index (χ1n) is 5.95. The fourth-order valence-electron chi connectivity index (χ4n) is 1.84. The lowest BCUT2D eigenvalue weighted by atomic mass is 10.1. The van der Waals surface area contributed by atoms with Gasteiger partial charge in [0, 0.05) is 11.8 Å². The van der Waals surface area contributed by atoms with Crippen molar-refractivity contribution in [3.63, 3.8) is 0 Å². The molecule has 0 bridgehead atoms. The normalized spacial score (nSPS) is 10.2. The molecule has 0 atom stereocenters. The summed E-state index contributed by atoms with van der Waals surface area (Å²) in [6.07, 6.45) is 1.75. The number of rotatable bonds is 3. The number of esters is 1. The van der Waals surface area contributed by atoms with Gasteiger partial charge < -0.3 is 9.30 Å². The lowest BCUT2D eigenvalue weighted by Crippen LogP contribution is -2.21. The molecule has 0 saturated heterocycles. The van der Waals surface area contributed by atoms with Crippen molar-refractivity contribution in [2.45, 2.75) is 13.5 Å². The van der Waals surface area contributed by atoms with Crippen LogP contribution in [0.5, 0.6) is 0 Å². The van der Waals surface area contributed by atoms with Crippen molar-refractivity contribution in [1.29, 1.82) is 0 Å². The van der Waals surface area contributed by atoms with Crippen molar-refractivity contribution < 1.29 is 9.53 Å². The van der Waals surface area contributed by atoms with Crippen molar-refractivity contribution in [2.24, 2.45) is 0 Å². The second-order valence-electron chi connectivity index (χ2n) is 4.31. The van der Waals surface area contributed by atoms with Gasteiger partial charge in [-0.3, -0.25) is 4.79 Å². The Morgan fingerprint density at radius 3 is 2.53 bits per heavy atom. The minimum atomic E-state index is -0.362. The molecule has 0 unspecified atom stereocenters. The number of aryl methyl sites for hydroxylation is 1. The first-order valence-corrected chi connectivity index (χ1v) is 5.95. The van der Waals surface area contributed by atoms with E-state index in [4.69, 9.17) is 0 Å². The summed E-state index contributed by atoms with van der Waals surface area (Å²) in [5.74, 6) is -0.362. The number of carbonyl (C=O) groups excluding carboxylic acids is 1. The predicted molar refractivity (Wildman–Crippen MR) is 72.3 cm³/mol. The van der Waals surface area contributed by atoms with Gasteiger partial charge in [0.05, 0.1) is 19.2 Å². The lowest BCUT2D eigenvalue weighted by Gasteiger charge is -2.07. The van der Waals surface area contributed by atoms with Crippen LogP contribution in [-0.4, -0.2) is 17.6 Å². The predicted octanol–water partition coefficient (Wildman–Crippen LogP) is 1.99. The van der Waals surface area contributed by atoms with Crippen LogP contribution in [-0.2, 0) is 11.3 Å². The zero-order valence-corrected chi connectivity index (χ0v) is 10.9. The van der Waals surface area contributed by atoms with E-state index in [2.05, 4.69) is 4.74 Å². The van der Waals surface area contributed by atoms with Crippen molar-refractivity contribution >= 4 is 5.97 Å². The molecular weight excluding hydrogens is 242 g/mol. The van der Waals surface area contributed by atoms with Crippen LogP contribution < -0.4 is 5.56 Å². The number of pyridine rings is 1. The Kier molecular flexibility index (Phi) is 3.80. The SMILES string of the molecule is COC(=O)c1ccc(Cn2cccc(C)c2=O)cc1. The average molecular weight is 257 g/mol. The molecule has 98 valence electrons. The fraction of sp³-hybridized carbons (Fsp3) is 0.200. The molecule has 0 aliphatic carbocycles. The van der Waals surface area contributed by atoms with Crippen molar-refractivity contribution in [3.05, 3.63) is 69.6 Å². The molecule has 0 aliphatic rings. The number of carbonyl (C=O) groups is 1. The summed E-state index contributed by atoms with van der Waals surface area (Å²) < 4.78 is 6.28. The first-order chi connectivity index (χ1) is 9.11. The van der Waals surface area contributed by atoms with Gasteiger partial charge in [-0.2, -0.15) is 0 Å². The molecule has 1 heterocycles. The Labute approximate surface area is 111 Å². The Hall–Kier alpha value is -2.36. The van der Waals surface area contributed by atoms with E-state index >= 15 is 0 Å². The summed E-state index contributed by atoms with van der Waals surface area (Å²) in [5.41, 5.74) is 2.18. The minimum absolute atomic E-state index is 0.000422. The van der Waals surface area contributed by atoms with Gasteiger partial charge in [0.15, 0.2) is 0 Å². The second kappa shape index (κ2) is 5.52. The second-order valence-corrected chi connectivity index (χ2v) is 4.31. The van der Waals surface area contributed by atoms with Crippen LogP contribution >= 0.6 is 0 Å². The maximum atomic E-state index is 11.9. The van der Waals surface area contributed by atoms with Crippen LogP contribution in [0, 0.1) is 6.92 Å². The summed E-state index contributed by atoms with van der Waals surface area (Å²) in [6, 6.07) is 10.7. The molecule has 0 aliphatic heterocycles. The van der Waals surface area contributed by atoms with Gasteiger partial charge in [0.2, 0.25) is 0 Å². The molecule has 1 aromatic heterocycles. The van der Waals surface area contributed by atoms with E-state index in [-0.39, 0.29) is 11.5 Å². The van der Waals surface area contributed by atoms with Crippen LogP contribution in [0.1, 0.15) is 21.5 Å². The number of methoxy groups -OCH3 is 1. The number of hydrogen-bond donors (Lipinski definition) is 0. The highest BCUT2D eigenvalue weighted by atomic mass is 16.5. The van der Waals surface area contributed by atoms with E-state index in [1.54, 1.807) is 35.9 Å². The van der Waals surface area contributed by atoms with E-state index in [0.717, 1.165) is 5.56 Å². The summed E-state index contributed by atoms with van der Waals surface area (Å²) in [7, 11) is 1.35. The summed E-state index contributed by atoms with van der Waals surface area (Å²) in [6.45, 7) is 2.28. The van der Waals surface area contributed by atoms with Gasteiger partial charge in [-0.05, 0) is 30.7 Å². The standard InChI is InChI=1S/C15H15NO3/c1-11-4-3-9-16(14(11)17)10-12-5-7-13(8-6-12)15(18)19-2/h3-9H,10H2,1-2H3. The van der Waals surface area contributed by atoms with Crippen molar-refractivity contribution in [3.8, 4) is 0 Å². The molecule has 0 N–H and O–H groups in total. The number of aromatic nitrogens is 1. The van der Waals surface area contributed by atoms with E-state index in [9.17, 15) is 9.59 Å². The van der Waals surface area contributed by atoms with E-state index in [0.29, 0.717) is 17.7 Å². The maximum Gasteiger partial charge on any atom is 0.337 e. The minimum Gasteiger partial charge on any atom is -0.465 e. The number of hydrogen-bond acceptors (Lipinski definition) is 3. The zero-order chi connectivity index (χ0) is 13.8. The van der Waals surface area contributed by atoms with Gasteiger partial charge in [0.25, 0.3) is 5.56 Å². The van der Waals surface area contributed by atoms with Crippen molar-refractivity contribution in [1.82, 2.24) is 4.57 Å². The highest BCUT2D eigenvalue weighted by Gasteiger charge is 2.05. The molecule has 4 nitrogen and oxygen atoms in total. The molecule has 0 amide bonds. The molecule has 0 fully saturated rings. The lowest BCUT2D eigenvalue weighted by molar-refractivity contribution is 0.0600. The molecule has 0 spiro atoms. The van der Waals surface area contributed by atoms with Crippen molar-refractivity contribution in [2.75, 3.05) is 7.11 Å². The van der Waals surface area contributed by atoms with Crippen LogP contribution in [0.3, 0.4) is 0 Å². The zero-order valence-electron chi connectivity index (χ0n) is 10.9. The fourth-order valence-corrected chi connectivity index (χ4v) is 1.84. The smallest absolute Gasteiger partial charge is 0.337 e. The molecule has 19 heavy (non-hydrogen) atoms. The summed E-state index contributed by atoms with van der Waals surface area (Å²) >= 11 is 0. The van der Waals surface area contributed by atoms with Gasteiger partial charge in [0.1, 0.15) is 0 Å². The number of ether oxygens (including phenoxy) is 1. The molecule has 0 radical (unpaired) electrons. The Bertz CT molecular complexity index is 641. The third-order valence-corrected chi connectivity index (χ3v) is 2.94. The molecule has 4 heteroatoms. The molecule has 2 aromatic rings. The molecule has 1 aromatic carbocycles. The summed E-state index contributed by atoms with van der Waals surface area (Å²) in [4.78, 5) is 23.2. The Morgan fingerprint density at radius 2 is 1.89 bits per heavy atom.